The van der Waals surface area contributed by atoms with Gasteiger partial charge >= 0.3 is 0 Å². The Hall–Kier alpha value is -0.870. The highest BCUT2D eigenvalue weighted by molar-refractivity contribution is 7.09. The average Bonchev–Trinajstić information content (AvgIpc) is 2.67. The predicted molar refractivity (Wildman–Crippen MR) is 57.3 cm³/mol. The Labute approximate surface area is 88.1 Å². The third-order valence-corrected chi connectivity index (χ3v) is 2.68. The SMILES string of the molecule is CCO[C@@H](C)C(=O)NCc1cccs1. The van der Waals surface area contributed by atoms with E-state index in [0.29, 0.717) is 13.2 Å². The topological polar surface area (TPSA) is 38.3 Å². The molecule has 4 heteroatoms. The molecule has 0 bridgehead atoms. The molecule has 0 fully saturated rings. The van der Waals surface area contributed by atoms with E-state index in [1.54, 1.807) is 18.3 Å². The predicted octanol–water partition coefficient (Wildman–Crippen LogP) is 1.79. The second kappa shape index (κ2) is 5.78. The second-order valence-corrected chi connectivity index (χ2v) is 3.93. The molecular weight excluding hydrogens is 198 g/mol. The van der Waals surface area contributed by atoms with Crippen LogP contribution < -0.4 is 5.32 Å². The highest BCUT2D eigenvalue weighted by atomic mass is 32.1. The lowest BCUT2D eigenvalue weighted by molar-refractivity contribution is -0.131. The minimum Gasteiger partial charge on any atom is -0.369 e. The zero-order valence-electron chi connectivity index (χ0n) is 8.45. The fourth-order valence-corrected chi connectivity index (χ4v) is 1.70. The standard InChI is InChI=1S/C10H15NO2S/c1-3-13-8(2)10(12)11-7-9-5-4-6-14-9/h4-6,8H,3,7H2,1-2H3,(H,11,12)/t8-/m0/s1. The van der Waals surface area contributed by atoms with Gasteiger partial charge in [-0.05, 0) is 25.3 Å². The highest BCUT2D eigenvalue weighted by Gasteiger charge is 2.11. The van der Waals surface area contributed by atoms with Crippen LogP contribution in [0.25, 0.3) is 0 Å². The lowest BCUT2D eigenvalue weighted by atomic mass is 10.3. The summed E-state index contributed by atoms with van der Waals surface area (Å²) in [5.41, 5.74) is 0. The Balaban J connectivity index is 2.27. The molecular formula is C10H15NO2S. The molecule has 14 heavy (non-hydrogen) atoms. The molecule has 1 N–H and O–H groups in total. The Morgan fingerprint density at radius 1 is 1.71 bits per heavy atom. The molecule has 1 amide bonds. The van der Waals surface area contributed by atoms with Crippen molar-refractivity contribution in [2.24, 2.45) is 0 Å². The molecule has 0 aliphatic rings. The molecule has 1 rings (SSSR count). The Kier molecular flexibility index (Phi) is 4.62. The van der Waals surface area contributed by atoms with Gasteiger partial charge in [-0.1, -0.05) is 6.07 Å². The Bertz CT molecular complexity index is 272. The van der Waals surface area contributed by atoms with Crippen molar-refractivity contribution >= 4 is 17.2 Å². The van der Waals surface area contributed by atoms with E-state index in [4.69, 9.17) is 4.74 Å². The quantitative estimate of drug-likeness (QED) is 0.809. The maximum atomic E-state index is 11.4. The van der Waals surface area contributed by atoms with E-state index in [0.717, 1.165) is 4.88 Å². The van der Waals surface area contributed by atoms with E-state index in [9.17, 15) is 4.79 Å². The Morgan fingerprint density at radius 3 is 3.07 bits per heavy atom. The molecule has 0 aliphatic heterocycles. The average molecular weight is 213 g/mol. The normalized spacial score (nSPS) is 12.4. The summed E-state index contributed by atoms with van der Waals surface area (Å²) < 4.78 is 5.16. The fraction of sp³-hybridized carbons (Fsp3) is 0.500. The largest absolute Gasteiger partial charge is 0.369 e. The van der Waals surface area contributed by atoms with Crippen molar-refractivity contribution in [2.45, 2.75) is 26.5 Å². The van der Waals surface area contributed by atoms with Crippen molar-refractivity contribution in [1.82, 2.24) is 5.32 Å². The van der Waals surface area contributed by atoms with Crippen LogP contribution in [0, 0.1) is 0 Å². The van der Waals surface area contributed by atoms with Gasteiger partial charge in [0.15, 0.2) is 0 Å². The van der Waals surface area contributed by atoms with Gasteiger partial charge in [-0.25, -0.2) is 0 Å². The molecule has 1 atom stereocenters. The highest BCUT2D eigenvalue weighted by Crippen LogP contribution is 2.07. The summed E-state index contributed by atoms with van der Waals surface area (Å²) in [7, 11) is 0. The minimum absolute atomic E-state index is 0.0553. The minimum atomic E-state index is -0.361. The number of hydrogen-bond donors (Lipinski definition) is 1. The molecule has 1 aromatic rings. The molecule has 0 aromatic carbocycles. The summed E-state index contributed by atoms with van der Waals surface area (Å²) in [5, 5.41) is 4.81. The lowest BCUT2D eigenvalue weighted by Crippen LogP contribution is -2.33. The van der Waals surface area contributed by atoms with Gasteiger partial charge in [0.05, 0.1) is 6.54 Å². The first kappa shape index (κ1) is 11.2. The van der Waals surface area contributed by atoms with E-state index >= 15 is 0 Å². The van der Waals surface area contributed by atoms with Crippen LogP contribution in [0.5, 0.6) is 0 Å². The lowest BCUT2D eigenvalue weighted by Gasteiger charge is -2.11. The zero-order chi connectivity index (χ0) is 10.4. The maximum Gasteiger partial charge on any atom is 0.249 e. The number of thiophene rings is 1. The molecule has 0 unspecified atom stereocenters. The molecule has 0 saturated heterocycles. The van der Waals surface area contributed by atoms with Gasteiger partial charge < -0.3 is 10.1 Å². The van der Waals surface area contributed by atoms with Crippen LogP contribution in [-0.4, -0.2) is 18.6 Å². The smallest absolute Gasteiger partial charge is 0.249 e. The first-order valence-corrected chi connectivity index (χ1v) is 5.53. The molecule has 0 saturated carbocycles. The van der Waals surface area contributed by atoms with Crippen LogP contribution in [0.3, 0.4) is 0 Å². The summed E-state index contributed by atoms with van der Waals surface area (Å²) in [6.07, 6.45) is -0.361. The molecule has 1 aromatic heterocycles. The third-order valence-electron chi connectivity index (χ3n) is 1.80. The number of ether oxygens (including phenoxy) is 1. The molecule has 0 aliphatic carbocycles. The van der Waals surface area contributed by atoms with Crippen LogP contribution in [0.4, 0.5) is 0 Å². The molecule has 3 nitrogen and oxygen atoms in total. The second-order valence-electron chi connectivity index (χ2n) is 2.89. The first-order chi connectivity index (χ1) is 6.74. The van der Waals surface area contributed by atoms with Gasteiger partial charge in [0.2, 0.25) is 5.91 Å². The van der Waals surface area contributed by atoms with Crippen molar-refractivity contribution in [1.29, 1.82) is 0 Å². The fourth-order valence-electron chi connectivity index (χ4n) is 1.06. The monoisotopic (exact) mass is 213 g/mol. The molecule has 78 valence electrons. The molecule has 0 spiro atoms. The number of amides is 1. The van der Waals surface area contributed by atoms with E-state index < -0.39 is 0 Å². The van der Waals surface area contributed by atoms with Crippen LogP contribution in [0.2, 0.25) is 0 Å². The van der Waals surface area contributed by atoms with Gasteiger partial charge in [-0.3, -0.25) is 4.79 Å². The molecule has 0 radical (unpaired) electrons. The van der Waals surface area contributed by atoms with Crippen molar-refractivity contribution in [2.75, 3.05) is 6.61 Å². The summed E-state index contributed by atoms with van der Waals surface area (Å²) in [6.45, 7) is 4.79. The summed E-state index contributed by atoms with van der Waals surface area (Å²) in [5.74, 6) is -0.0553. The number of rotatable bonds is 5. The van der Waals surface area contributed by atoms with Crippen LogP contribution in [0.15, 0.2) is 17.5 Å². The summed E-state index contributed by atoms with van der Waals surface area (Å²) in [4.78, 5) is 12.6. The van der Waals surface area contributed by atoms with E-state index in [1.807, 2.05) is 24.4 Å². The summed E-state index contributed by atoms with van der Waals surface area (Å²) >= 11 is 1.63. The maximum absolute atomic E-state index is 11.4. The van der Waals surface area contributed by atoms with E-state index in [1.165, 1.54) is 0 Å². The van der Waals surface area contributed by atoms with Crippen molar-refractivity contribution in [3.05, 3.63) is 22.4 Å². The van der Waals surface area contributed by atoms with Crippen molar-refractivity contribution in [3.8, 4) is 0 Å². The molecule has 1 heterocycles. The van der Waals surface area contributed by atoms with Crippen molar-refractivity contribution in [3.63, 3.8) is 0 Å². The van der Waals surface area contributed by atoms with Gasteiger partial charge in [0.1, 0.15) is 6.10 Å². The number of nitrogens with one attached hydrogen (secondary N) is 1. The number of carbonyl (C=O) groups is 1. The van der Waals surface area contributed by atoms with Crippen LogP contribution >= 0.6 is 11.3 Å². The van der Waals surface area contributed by atoms with Gasteiger partial charge in [0.25, 0.3) is 0 Å². The number of carbonyl (C=O) groups excluding carboxylic acids is 1. The Morgan fingerprint density at radius 2 is 2.50 bits per heavy atom. The van der Waals surface area contributed by atoms with E-state index in [2.05, 4.69) is 5.32 Å². The van der Waals surface area contributed by atoms with Gasteiger partial charge in [0, 0.05) is 11.5 Å². The zero-order valence-corrected chi connectivity index (χ0v) is 9.26. The van der Waals surface area contributed by atoms with Crippen LogP contribution in [-0.2, 0) is 16.1 Å². The third kappa shape index (κ3) is 3.47. The first-order valence-electron chi connectivity index (χ1n) is 4.65. The van der Waals surface area contributed by atoms with Gasteiger partial charge in [-0.2, -0.15) is 0 Å². The van der Waals surface area contributed by atoms with E-state index in [-0.39, 0.29) is 12.0 Å². The summed E-state index contributed by atoms with van der Waals surface area (Å²) in [6, 6.07) is 3.97. The van der Waals surface area contributed by atoms with Crippen LogP contribution in [0.1, 0.15) is 18.7 Å². The number of hydrogen-bond acceptors (Lipinski definition) is 3. The van der Waals surface area contributed by atoms with Crippen molar-refractivity contribution < 1.29 is 9.53 Å². The van der Waals surface area contributed by atoms with Gasteiger partial charge in [-0.15, -0.1) is 11.3 Å².